The van der Waals surface area contributed by atoms with Crippen LogP contribution in [0.4, 0.5) is 0 Å². The molecule has 4 aromatic carbocycles. The average Bonchev–Trinajstić information content (AvgIpc) is 2.90. The Labute approximate surface area is 201 Å². The minimum atomic E-state index is -0.490. The third kappa shape index (κ3) is 3.93. The molecule has 164 valence electrons. The van der Waals surface area contributed by atoms with E-state index in [0.717, 1.165) is 22.3 Å². The van der Waals surface area contributed by atoms with Crippen LogP contribution in [0, 0.1) is 11.3 Å². The predicted octanol–water partition coefficient (Wildman–Crippen LogP) is 7.50. The molecule has 2 heteroatoms. The fourth-order valence-electron chi connectivity index (χ4n) is 4.89. The number of nitrogens with zero attached hydrogens (tertiary/aromatic N) is 1. The van der Waals surface area contributed by atoms with Crippen LogP contribution in [0.3, 0.4) is 0 Å². The summed E-state index contributed by atoms with van der Waals surface area (Å²) in [6.07, 6.45) is 2.68. The lowest BCUT2D eigenvalue weighted by atomic mass is 9.67. The van der Waals surface area contributed by atoms with Gasteiger partial charge >= 0.3 is 0 Å². The fourth-order valence-corrected chi connectivity index (χ4v) is 4.89. The Balaban J connectivity index is 1.48. The molecule has 34 heavy (non-hydrogen) atoms. The molecular weight excluding hydrogens is 412 g/mol. The van der Waals surface area contributed by atoms with E-state index in [2.05, 4.69) is 97.9 Å². The molecule has 2 N–H and O–H groups in total. The second-order valence-corrected chi connectivity index (χ2v) is 9.01. The van der Waals surface area contributed by atoms with Gasteiger partial charge in [0, 0.05) is 11.1 Å². The Hall–Kier alpha value is -4.35. The minimum absolute atomic E-state index is 0.490. The zero-order valence-electron chi connectivity index (χ0n) is 19.2. The first-order valence-electron chi connectivity index (χ1n) is 11.5. The molecule has 0 amide bonds. The van der Waals surface area contributed by atoms with Gasteiger partial charge in [-0.15, -0.1) is 0 Å². The van der Waals surface area contributed by atoms with Crippen molar-refractivity contribution >= 4 is 5.57 Å². The molecule has 0 fully saturated rings. The number of hydrogen-bond donors (Lipinski definition) is 1. The van der Waals surface area contributed by atoms with Gasteiger partial charge in [-0.3, -0.25) is 0 Å². The molecule has 1 aliphatic carbocycles. The number of rotatable bonds is 4. The van der Waals surface area contributed by atoms with Crippen LogP contribution < -0.4 is 5.73 Å². The highest BCUT2D eigenvalue weighted by molar-refractivity contribution is 5.76. The molecule has 1 unspecified atom stereocenters. The number of allylic oxidation sites excluding steroid dienone is 3. The molecule has 5 rings (SSSR count). The fraction of sp³-hybridized carbons (Fsp3) is 0.0938. The highest BCUT2D eigenvalue weighted by atomic mass is 14.6. The van der Waals surface area contributed by atoms with Crippen LogP contribution in [-0.2, 0) is 5.41 Å². The summed E-state index contributed by atoms with van der Waals surface area (Å²) in [7, 11) is 0. The molecule has 0 radical (unpaired) electrons. The molecule has 0 saturated heterocycles. The van der Waals surface area contributed by atoms with Gasteiger partial charge in [0.1, 0.15) is 0 Å². The molecule has 0 heterocycles. The molecular formula is C32H26N2. The van der Waals surface area contributed by atoms with E-state index in [1.807, 2.05) is 30.3 Å². The van der Waals surface area contributed by atoms with Crippen molar-refractivity contribution in [3.8, 4) is 28.3 Å². The van der Waals surface area contributed by atoms with Crippen molar-refractivity contribution in [2.75, 3.05) is 0 Å². The van der Waals surface area contributed by atoms with Crippen molar-refractivity contribution in [3.05, 3.63) is 138 Å². The number of benzene rings is 4. The van der Waals surface area contributed by atoms with Crippen LogP contribution in [0.1, 0.15) is 24.5 Å². The highest BCUT2D eigenvalue weighted by Gasteiger charge is 2.37. The monoisotopic (exact) mass is 438 g/mol. The maximum atomic E-state index is 9.99. The molecule has 1 aliphatic rings. The average molecular weight is 439 g/mol. The van der Waals surface area contributed by atoms with Crippen molar-refractivity contribution < 1.29 is 0 Å². The van der Waals surface area contributed by atoms with Crippen LogP contribution in [0.5, 0.6) is 0 Å². The summed E-state index contributed by atoms with van der Waals surface area (Å²) in [6, 6.07) is 40.2. The van der Waals surface area contributed by atoms with Crippen molar-refractivity contribution in [2.45, 2.75) is 18.8 Å². The zero-order valence-corrected chi connectivity index (χ0v) is 19.2. The maximum Gasteiger partial charge on any atom is 0.0978 e. The molecule has 0 saturated carbocycles. The lowest BCUT2D eigenvalue weighted by Crippen LogP contribution is -2.30. The van der Waals surface area contributed by atoms with Crippen LogP contribution in [0.2, 0.25) is 0 Å². The number of nitrogens with two attached hydrogens (primary N) is 1. The van der Waals surface area contributed by atoms with Crippen molar-refractivity contribution in [2.24, 2.45) is 5.73 Å². The maximum absolute atomic E-state index is 9.99. The first-order valence-corrected chi connectivity index (χ1v) is 11.5. The van der Waals surface area contributed by atoms with Gasteiger partial charge in [-0.1, -0.05) is 116 Å². The summed E-state index contributed by atoms with van der Waals surface area (Å²) < 4.78 is 0. The van der Waals surface area contributed by atoms with Gasteiger partial charge in [0.2, 0.25) is 0 Å². The Morgan fingerprint density at radius 3 is 1.59 bits per heavy atom. The predicted molar refractivity (Wildman–Crippen MR) is 141 cm³/mol. The summed E-state index contributed by atoms with van der Waals surface area (Å²) in [5.41, 5.74) is 15.2. The van der Waals surface area contributed by atoms with Crippen LogP contribution in [0.25, 0.3) is 27.8 Å². The van der Waals surface area contributed by atoms with E-state index in [-0.39, 0.29) is 0 Å². The Bertz CT molecular complexity index is 1400. The van der Waals surface area contributed by atoms with Crippen molar-refractivity contribution in [1.82, 2.24) is 0 Å². The van der Waals surface area contributed by atoms with Gasteiger partial charge < -0.3 is 5.73 Å². The molecule has 0 spiro atoms. The molecule has 2 nitrogen and oxygen atoms in total. The van der Waals surface area contributed by atoms with Crippen molar-refractivity contribution in [1.29, 1.82) is 5.26 Å². The molecule has 0 aliphatic heterocycles. The van der Waals surface area contributed by atoms with Gasteiger partial charge in [0.05, 0.1) is 11.6 Å². The third-order valence-corrected chi connectivity index (χ3v) is 6.82. The summed E-state index contributed by atoms with van der Waals surface area (Å²) >= 11 is 0. The first-order chi connectivity index (χ1) is 16.6. The number of nitriles is 1. The van der Waals surface area contributed by atoms with Crippen LogP contribution >= 0.6 is 0 Å². The highest BCUT2D eigenvalue weighted by Crippen LogP contribution is 2.45. The normalized spacial score (nSPS) is 17.7. The lowest BCUT2D eigenvalue weighted by molar-refractivity contribution is 0.578. The van der Waals surface area contributed by atoms with Crippen LogP contribution in [0.15, 0.2) is 127 Å². The quantitative estimate of drug-likeness (QED) is 0.358. The van der Waals surface area contributed by atoms with E-state index in [0.29, 0.717) is 17.7 Å². The number of hydrogen-bond acceptors (Lipinski definition) is 2. The lowest BCUT2D eigenvalue weighted by Gasteiger charge is -2.35. The second kappa shape index (κ2) is 8.89. The topological polar surface area (TPSA) is 49.8 Å². The molecule has 0 bridgehead atoms. The summed E-state index contributed by atoms with van der Waals surface area (Å²) in [5.74, 6) is 0. The first kappa shape index (κ1) is 21.5. The Morgan fingerprint density at radius 2 is 1.09 bits per heavy atom. The van der Waals surface area contributed by atoms with Crippen molar-refractivity contribution in [3.63, 3.8) is 0 Å². The summed E-state index contributed by atoms with van der Waals surface area (Å²) in [5, 5.41) is 9.99. The summed E-state index contributed by atoms with van der Waals surface area (Å²) in [6.45, 7) is 2.13. The van der Waals surface area contributed by atoms with Gasteiger partial charge in [0.15, 0.2) is 0 Å². The SMILES string of the molecule is CC1(c2ccc(-c3ccccc3)cc2)CC(c2ccc(-c3ccccc3)cc2)=CC(N)=C1C#N. The Kier molecular flexibility index (Phi) is 5.62. The smallest absolute Gasteiger partial charge is 0.0978 e. The standard InChI is InChI=1S/C32H26N2/c1-32(29-18-16-26(17-19-29)24-10-6-3-7-11-24)21-28(20-31(34)30(32)22-33)27-14-12-25(13-15-27)23-8-4-2-5-9-23/h2-20H,21,34H2,1H3. The van der Waals surface area contributed by atoms with Gasteiger partial charge in [0.25, 0.3) is 0 Å². The van der Waals surface area contributed by atoms with E-state index >= 15 is 0 Å². The largest absolute Gasteiger partial charge is 0.398 e. The van der Waals surface area contributed by atoms with Gasteiger partial charge in [-0.25, -0.2) is 0 Å². The zero-order chi connectivity index (χ0) is 23.5. The summed E-state index contributed by atoms with van der Waals surface area (Å²) in [4.78, 5) is 0. The van der Waals surface area contributed by atoms with E-state index in [1.54, 1.807) is 0 Å². The molecule has 4 aromatic rings. The Morgan fingerprint density at radius 1 is 0.647 bits per heavy atom. The van der Waals surface area contributed by atoms with E-state index in [4.69, 9.17) is 5.73 Å². The van der Waals surface area contributed by atoms with Crippen LogP contribution in [-0.4, -0.2) is 0 Å². The van der Waals surface area contributed by atoms with Gasteiger partial charge in [-0.05, 0) is 51.5 Å². The van der Waals surface area contributed by atoms with Gasteiger partial charge in [-0.2, -0.15) is 5.26 Å². The minimum Gasteiger partial charge on any atom is -0.398 e. The second-order valence-electron chi connectivity index (χ2n) is 9.01. The molecule has 1 atom stereocenters. The van der Waals surface area contributed by atoms with E-state index in [1.165, 1.54) is 16.7 Å². The third-order valence-electron chi connectivity index (χ3n) is 6.82. The van der Waals surface area contributed by atoms with E-state index < -0.39 is 5.41 Å². The molecule has 0 aromatic heterocycles. The van der Waals surface area contributed by atoms with E-state index in [9.17, 15) is 5.26 Å².